The molecule has 1 N–H and O–H groups in total. The van der Waals surface area contributed by atoms with Crippen molar-refractivity contribution in [3.8, 4) is 0 Å². The summed E-state index contributed by atoms with van der Waals surface area (Å²) in [5.74, 6) is 0. The molecule has 1 rings (SSSR count). The highest BCUT2D eigenvalue weighted by Crippen LogP contribution is 2.21. The molecule has 0 heterocycles. The van der Waals surface area contributed by atoms with E-state index in [9.17, 15) is 0 Å². The molecule has 1 unspecified atom stereocenters. The van der Waals surface area contributed by atoms with Crippen LogP contribution >= 0.6 is 12.2 Å². The fourth-order valence-electron chi connectivity index (χ4n) is 1.48. The van der Waals surface area contributed by atoms with Crippen molar-refractivity contribution in [1.82, 2.24) is 5.32 Å². The first kappa shape index (κ1) is 13.2. The average Bonchev–Trinajstić information content (AvgIpc) is 2.25. The zero-order valence-corrected chi connectivity index (χ0v) is 11.4. The van der Waals surface area contributed by atoms with Gasteiger partial charge in [0, 0.05) is 5.41 Å². The molecule has 0 saturated carbocycles. The maximum absolute atomic E-state index is 5.42. The van der Waals surface area contributed by atoms with Crippen molar-refractivity contribution in [1.29, 1.82) is 0 Å². The van der Waals surface area contributed by atoms with Gasteiger partial charge in [-0.25, -0.2) is 0 Å². The molecule has 0 spiro atoms. The zero-order valence-electron chi connectivity index (χ0n) is 10.6. The molecule has 1 aromatic carbocycles. The second-order valence-electron chi connectivity index (χ2n) is 5.09. The van der Waals surface area contributed by atoms with Crippen molar-refractivity contribution in [3.05, 3.63) is 35.9 Å². The summed E-state index contributed by atoms with van der Waals surface area (Å²) in [7, 11) is 0. The Bertz CT molecular complexity index is 338. The van der Waals surface area contributed by atoms with Gasteiger partial charge < -0.3 is 5.32 Å². The Balaban J connectivity index is 2.75. The SMILES string of the molecule is CCC(NC(=S)C(C)(C)C)c1ccccc1. The average molecular weight is 235 g/mol. The number of hydrogen-bond acceptors (Lipinski definition) is 1. The van der Waals surface area contributed by atoms with Gasteiger partial charge in [-0.1, -0.05) is 70.2 Å². The molecule has 0 aliphatic rings. The molecule has 1 nitrogen and oxygen atoms in total. The van der Waals surface area contributed by atoms with E-state index in [0.717, 1.165) is 11.4 Å². The van der Waals surface area contributed by atoms with Crippen LogP contribution in [0.25, 0.3) is 0 Å². The van der Waals surface area contributed by atoms with E-state index in [-0.39, 0.29) is 5.41 Å². The number of rotatable bonds is 3. The summed E-state index contributed by atoms with van der Waals surface area (Å²) in [6.07, 6.45) is 1.04. The number of benzene rings is 1. The van der Waals surface area contributed by atoms with E-state index in [2.05, 4.69) is 57.3 Å². The van der Waals surface area contributed by atoms with Crippen LogP contribution in [0.15, 0.2) is 30.3 Å². The topological polar surface area (TPSA) is 12.0 Å². The van der Waals surface area contributed by atoms with Crippen molar-refractivity contribution < 1.29 is 0 Å². The van der Waals surface area contributed by atoms with Crippen LogP contribution in [0.2, 0.25) is 0 Å². The van der Waals surface area contributed by atoms with E-state index >= 15 is 0 Å². The summed E-state index contributed by atoms with van der Waals surface area (Å²) in [6, 6.07) is 10.8. The molecular weight excluding hydrogens is 214 g/mol. The van der Waals surface area contributed by atoms with Crippen molar-refractivity contribution in [2.24, 2.45) is 5.41 Å². The minimum atomic E-state index is 0.0392. The largest absolute Gasteiger partial charge is 0.372 e. The first-order chi connectivity index (χ1) is 7.45. The van der Waals surface area contributed by atoms with Gasteiger partial charge in [0.15, 0.2) is 0 Å². The van der Waals surface area contributed by atoms with Gasteiger partial charge in [0.1, 0.15) is 0 Å². The van der Waals surface area contributed by atoms with Gasteiger partial charge in [-0.05, 0) is 12.0 Å². The van der Waals surface area contributed by atoms with E-state index < -0.39 is 0 Å². The van der Waals surface area contributed by atoms with Gasteiger partial charge in [0.05, 0.1) is 11.0 Å². The Morgan fingerprint density at radius 1 is 1.25 bits per heavy atom. The Morgan fingerprint density at radius 2 is 1.81 bits per heavy atom. The van der Waals surface area contributed by atoms with E-state index in [0.29, 0.717) is 6.04 Å². The number of thiocarbonyl (C=S) groups is 1. The molecule has 0 fully saturated rings. The molecule has 0 radical (unpaired) electrons. The monoisotopic (exact) mass is 235 g/mol. The van der Waals surface area contributed by atoms with Crippen molar-refractivity contribution in [2.75, 3.05) is 0 Å². The summed E-state index contributed by atoms with van der Waals surface area (Å²) in [6.45, 7) is 8.59. The summed E-state index contributed by atoms with van der Waals surface area (Å²) in [5, 5.41) is 3.45. The van der Waals surface area contributed by atoms with Crippen LogP contribution in [0, 0.1) is 5.41 Å². The van der Waals surface area contributed by atoms with E-state index in [4.69, 9.17) is 12.2 Å². The molecule has 0 saturated heterocycles. The molecule has 88 valence electrons. The lowest BCUT2D eigenvalue weighted by molar-refractivity contribution is 0.537. The van der Waals surface area contributed by atoms with Crippen LogP contribution in [-0.2, 0) is 0 Å². The second-order valence-corrected chi connectivity index (χ2v) is 5.50. The van der Waals surface area contributed by atoms with Gasteiger partial charge in [-0.3, -0.25) is 0 Å². The Morgan fingerprint density at radius 3 is 2.25 bits per heavy atom. The van der Waals surface area contributed by atoms with Gasteiger partial charge in [0.2, 0.25) is 0 Å². The second kappa shape index (κ2) is 5.44. The maximum atomic E-state index is 5.42. The third kappa shape index (κ3) is 3.60. The normalized spacial score (nSPS) is 13.2. The van der Waals surface area contributed by atoms with Crippen LogP contribution < -0.4 is 5.32 Å². The molecular formula is C14H21NS. The number of nitrogens with one attached hydrogen (secondary N) is 1. The molecule has 0 aliphatic heterocycles. The lowest BCUT2D eigenvalue weighted by atomic mass is 9.95. The van der Waals surface area contributed by atoms with Crippen LogP contribution in [-0.4, -0.2) is 4.99 Å². The van der Waals surface area contributed by atoms with E-state index in [1.54, 1.807) is 0 Å². The minimum absolute atomic E-state index is 0.0392. The molecule has 0 bridgehead atoms. The third-order valence-electron chi connectivity index (χ3n) is 2.60. The lowest BCUT2D eigenvalue weighted by Crippen LogP contribution is -2.35. The summed E-state index contributed by atoms with van der Waals surface area (Å²) >= 11 is 5.42. The smallest absolute Gasteiger partial charge is 0.0812 e. The first-order valence-corrected chi connectivity index (χ1v) is 6.22. The van der Waals surface area contributed by atoms with Crippen molar-refractivity contribution in [3.63, 3.8) is 0 Å². The van der Waals surface area contributed by atoms with Crippen LogP contribution in [0.4, 0.5) is 0 Å². The van der Waals surface area contributed by atoms with Gasteiger partial charge in [0.25, 0.3) is 0 Å². The standard InChI is InChI=1S/C14H21NS/c1-5-12(11-9-7-6-8-10-11)15-13(16)14(2,3)4/h6-10,12H,5H2,1-4H3,(H,15,16). The lowest BCUT2D eigenvalue weighted by Gasteiger charge is -2.26. The van der Waals surface area contributed by atoms with Crippen molar-refractivity contribution in [2.45, 2.75) is 40.2 Å². The zero-order chi connectivity index (χ0) is 12.2. The van der Waals surface area contributed by atoms with E-state index in [1.165, 1.54) is 5.56 Å². The van der Waals surface area contributed by atoms with Gasteiger partial charge in [-0.2, -0.15) is 0 Å². The van der Waals surface area contributed by atoms with Crippen LogP contribution in [0.3, 0.4) is 0 Å². The highest BCUT2D eigenvalue weighted by atomic mass is 32.1. The third-order valence-corrected chi connectivity index (χ3v) is 3.33. The van der Waals surface area contributed by atoms with Crippen LogP contribution in [0.5, 0.6) is 0 Å². The number of hydrogen-bond donors (Lipinski definition) is 1. The Labute approximate surface area is 104 Å². The predicted octanol–water partition coefficient (Wildman–Crippen LogP) is 4.10. The Kier molecular flexibility index (Phi) is 4.48. The highest BCUT2D eigenvalue weighted by molar-refractivity contribution is 7.80. The molecule has 0 aliphatic carbocycles. The van der Waals surface area contributed by atoms with Gasteiger partial charge >= 0.3 is 0 Å². The Hall–Kier alpha value is -0.890. The molecule has 0 aromatic heterocycles. The molecule has 2 heteroatoms. The molecule has 1 aromatic rings. The van der Waals surface area contributed by atoms with Crippen molar-refractivity contribution >= 4 is 17.2 Å². The predicted molar refractivity (Wildman–Crippen MR) is 74.7 cm³/mol. The summed E-state index contributed by atoms with van der Waals surface area (Å²) in [5.41, 5.74) is 1.34. The highest BCUT2D eigenvalue weighted by Gasteiger charge is 2.20. The molecule has 0 amide bonds. The first-order valence-electron chi connectivity index (χ1n) is 5.81. The quantitative estimate of drug-likeness (QED) is 0.792. The summed E-state index contributed by atoms with van der Waals surface area (Å²) in [4.78, 5) is 0.934. The molecule has 1 atom stereocenters. The fourth-order valence-corrected chi connectivity index (χ4v) is 1.62. The van der Waals surface area contributed by atoms with Crippen LogP contribution in [0.1, 0.15) is 45.7 Å². The minimum Gasteiger partial charge on any atom is -0.372 e. The van der Waals surface area contributed by atoms with Gasteiger partial charge in [-0.15, -0.1) is 0 Å². The fraction of sp³-hybridized carbons (Fsp3) is 0.500. The molecule has 16 heavy (non-hydrogen) atoms. The maximum Gasteiger partial charge on any atom is 0.0812 e. The van der Waals surface area contributed by atoms with E-state index in [1.807, 2.05) is 6.07 Å². The summed E-state index contributed by atoms with van der Waals surface area (Å²) < 4.78 is 0.